The number of carbonyl (C=O) groups excluding carboxylic acids is 1. The number of ether oxygens (including phenoxy) is 1. The summed E-state index contributed by atoms with van der Waals surface area (Å²) in [6, 6.07) is 7.23. The highest BCUT2D eigenvalue weighted by Gasteiger charge is 2.38. The molecule has 0 bridgehead atoms. The maximum Gasteiger partial charge on any atom is 0.211 e. The van der Waals surface area contributed by atoms with Gasteiger partial charge in [-0.1, -0.05) is 0 Å². The van der Waals surface area contributed by atoms with Crippen molar-refractivity contribution in [2.24, 2.45) is 0 Å². The molecule has 1 heterocycles. The van der Waals surface area contributed by atoms with E-state index in [9.17, 15) is 9.90 Å². The molecule has 0 spiro atoms. The summed E-state index contributed by atoms with van der Waals surface area (Å²) in [4.78, 5) is 12.0. The van der Waals surface area contributed by atoms with Crippen LogP contribution in [0.1, 0.15) is 29.2 Å². The van der Waals surface area contributed by atoms with Crippen LogP contribution >= 0.6 is 11.8 Å². The molecule has 1 atom stereocenters. The SMILES string of the molecule is Cc1c(C)c2c(c(C)c1NC=O)CC(C)(CSc1ccc(O)cc1)O2. The minimum Gasteiger partial charge on any atom is -0.508 e. The Kier molecular flexibility index (Phi) is 4.69. The van der Waals surface area contributed by atoms with Crippen LogP contribution in [0.4, 0.5) is 5.69 Å². The van der Waals surface area contributed by atoms with Gasteiger partial charge in [0.15, 0.2) is 0 Å². The molecule has 2 aromatic carbocycles. The highest BCUT2D eigenvalue weighted by Crippen LogP contribution is 2.45. The van der Waals surface area contributed by atoms with Gasteiger partial charge in [-0.05, 0) is 68.7 Å². The minimum atomic E-state index is -0.299. The molecule has 0 aromatic heterocycles. The predicted molar refractivity (Wildman–Crippen MR) is 102 cm³/mol. The van der Waals surface area contributed by atoms with Crippen LogP contribution < -0.4 is 10.1 Å². The maximum atomic E-state index is 10.9. The van der Waals surface area contributed by atoms with Crippen LogP contribution in [0.5, 0.6) is 11.5 Å². The fourth-order valence-corrected chi connectivity index (χ4v) is 4.29. The van der Waals surface area contributed by atoms with Gasteiger partial charge < -0.3 is 15.2 Å². The first-order valence-electron chi connectivity index (χ1n) is 8.28. The van der Waals surface area contributed by atoms with E-state index in [0.717, 1.165) is 51.6 Å². The normalized spacial score (nSPS) is 18.6. The maximum absolute atomic E-state index is 10.9. The second kappa shape index (κ2) is 6.64. The van der Waals surface area contributed by atoms with Gasteiger partial charge in [-0.2, -0.15) is 0 Å². The number of hydrogen-bond donors (Lipinski definition) is 2. The lowest BCUT2D eigenvalue weighted by Crippen LogP contribution is -2.33. The fraction of sp³-hybridized carbons (Fsp3) is 0.350. The predicted octanol–water partition coefficient (Wildman–Crippen LogP) is 4.37. The van der Waals surface area contributed by atoms with Gasteiger partial charge in [0.2, 0.25) is 6.41 Å². The summed E-state index contributed by atoms with van der Waals surface area (Å²) < 4.78 is 6.38. The zero-order valence-corrected chi connectivity index (χ0v) is 15.8. The number of amides is 1. The van der Waals surface area contributed by atoms with E-state index < -0.39 is 0 Å². The van der Waals surface area contributed by atoms with Crippen molar-refractivity contribution in [1.29, 1.82) is 0 Å². The number of nitrogens with one attached hydrogen (secondary N) is 1. The number of rotatable bonds is 5. The lowest BCUT2D eigenvalue weighted by atomic mass is 9.92. The quantitative estimate of drug-likeness (QED) is 0.616. The number of phenolic OH excluding ortho intramolecular Hbond substituents is 1. The Balaban J connectivity index is 1.84. The Morgan fingerprint density at radius 2 is 1.88 bits per heavy atom. The number of anilines is 1. The summed E-state index contributed by atoms with van der Waals surface area (Å²) in [6.45, 7) is 8.22. The van der Waals surface area contributed by atoms with Crippen LogP contribution in [-0.4, -0.2) is 22.9 Å². The van der Waals surface area contributed by atoms with E-state index in [1.54, 1.807) is 23.9 Å². The lowest BCUT2D eigenvalue weighted by Gasteiger charge is -2.24. The molecule has 5 heteroatoms. The average molecular weight is 357 g/mol. The Morgan fingerprint density at radius 1 is 1.20 bits per heavy atom. The highest BCUT2D eigenvalue weighted by atomic mass is 32.2. The first kappa shape index (κ1) is 17.7. The van der Waals surface area contributed by atoms with Crippen molar-refractivity contribution in [3.8, 4) is 11.5 Å². The van der Waals surface area contributed by atoms with Gasteiger partial charge in [-0.15, -0.1) is 11.8 Å². The first-order valence-corrected chi connectivity index (χ1v) is 9.27. The van der Waals surface area contributed by atoms with Crippen molar-refractivity contribution in [3.05, 3.63) is 46.5 Å². The minimum absolute atomic E-state index is 0.275. The van der Waals surface area contributed by atoms with E-state index in [-0.39, 0.29) is 11.4 Å². The van der Waals surface area contributed by atoms with E-state index in [2.05, 4.69) is 12.2 Å². The van der Waals surface area contributed by atoms with Gasteiger partial charge in [-0.25, -0.2) is 0 Å². The van der Waals surface area contributed by atoms with Crippen LogP contribution in [0.25, 0.3) is 0 Å². The first-order chi connectivity index (χ1) is 11.8. The summed E-state index contributed by atoms with van der Waals surface area (Å²) in [7, 11) is 0. The van der Waals surface area contributed by atoms with Crippen LogP contribution in [0.3, 0.4) is 0 Å². The van der Waals surface area contributed by atoms with E-state index in [1.807, 2.05) is 32.9 Å². The average Bonchev–Trinajstić information content (AvgIpc) is 2.95. The molecular formula is C20H23NO3S. The lowest BCUT2D eigenvalue weighted by molar-refractivity contribution is -0.105. The number of thioether (sulfide) groups is 1. The second-order valence-corrected chi connectivity index (χ2v) is 7.88. The van der Waals surface area contributed by atoms with Crippen LogP contribution in [0, 0.1) is 20.8 Å². The Morgan fingerprint density at radius 3 is 2.52 bits per heavy atom. The number of carbonyl (C=O) groups is 1. The zero-order chi connectivity index (χ0) is 18.2. The summed E-state index contributed by atoms with van der Waals surface area (Å²) in [5.74, 6) is 2.04. The van der Waals surface area contributed by atoms with Crippen LogP contribution in [0.15, 0.2) is 29.2 Å². The third-order valence-corrected chi connectivity index (χ3v) is 6.22. The van der Waals surface area contributed by atoms with Crippen molar-refractivity contribution in [2.75, 3.05) is 11.1 Å². The third-order valence-electron chi connectivity index (χ3n) is 4.86. The van der Waals surface area contributed by atoms with E-state index in [4.69, 9.17) is 4.74 Å². The molecule has 0 saturated carbocycles. The number of aromatic hydroxyl groups is 1. The van der Waals surface area contributed by atoms with Gasteiger partial charge in [0.1, 0.15) is 17.1 Å². The smallest absolute Gasteiger partial charge is 0.211 e. The molecular weight excluding hydrogens is 334 g/mol. The van der Waals surface area contributed by atoms with Crippen molar-refractivity contribution >= 4 is 23.9 Å². The summed E-state index contributed by atoms with van der Waals surface area (Å²) in [5.41, 5.74) is 5.00. The Bertz CT molecular complexity index is 817. The molecule has 1 aliphatic heterocycles. The molecule has 4 nitrogen and oxygen atoms in total. The fourth-order valence-electron chi connectivity index (χ4n) is 3.33. The van der Waals surface area contributed by atoms with Gasteiger partial charge >= 0.3 is 0 Å². The van der Waals surface area contributed by atoms with Gasteiger partial charge in [0.05, 0.1) is 0 Å². The van der Waals surface area contributed by atoms with Crippen molar-refractivity contribution in [2.45, 2.75) is 44.6 Å². The molecule has 3 rings (SSSR count). The molecule has 0 aliphatic carbocycles. The topological polar surface area (TPSA) is 58.6 Å². The molecule has 1 unspecified atom stereocenters. The van der Waals surface area contributed by atoms with Crippen LogP contribution in [-0.2, 0) is 11.2 Å². The van der Waals surface area contributed by atoms with E-state index in [0.29, 0.717) is 0 Å². The molecule has 1 amide bonds. The molecule has 2 N–H and O–H groups in total. The van der Waals surface area contributed by atoms with Gasteiger partial charge in [0, 0.05) is 28.3 Å². The Hall–Kier alpha value is -2.14. The van der Waals surface area contributed by atoms with Gasteiger partial charge in [-0.3, -0.25) is 4.79 Å². The second-order valence-electron chi connectivity index (χ2n) is 6.83. The van der Waals surface area contributed by atoms with Crippen molar-refractivity contribution in [1.82, 2.24) is 0 Å². The number of benzene rings is 2. The summed E-state index contributed by atoms with van der Waals surface area (Å²) >= 11 is 1.72. The summed E-state index contributed by atoms with van der Waals surface area (Å²) in [6.07, 6.45) is 1.55. The number of phenols is 1. The Labute approximate surface area is 152 Å². The highest BCUT2D eigenvalue weighted by molar-refractivity contribution is 7.99. The largest absolute Gasteiger partial charge is 0.508 e. The monoisotopic (exact) mass is 357 g/mol. The molecule has 1 aliphatic rings. The summed E-state index contributed by atoms with van der Waals surface area (Å²) in [5, 5.41) is 12.2. The van der Waals surface area contributed by atoms with Gasteiger partial charge in [0.25, 0.3) is 0 Å². The molecule has 25 heavy (non-hydrogen) atoms. The standard InChI is InChI=1S/C20H23NO3S/c1-12-13(2)19-17(14(3)18(12)21-11-22)9-20(4,24-19)10-25-16-7-5-15(23)6-8-16/h5-8,11,23H,9-10H2,1-4H3,(H,21,22). The third kappa shape index (κ3) is 3.33. The molecule has 2 aromatic rings. The van der Waals surface area contributed by atoms with Crippen molar-refractivity contribution in [3.63, 3.8) is 0 Å². The van der Waals surface area contributed by atoms with Crippen molar-refractivity contribution < 1.29 is 14.6 Å². The molecule has 0 saturated heterocycles. The number of hydrogen-bond acceptors (Lipinski definition) is 4. The molecule has 132 valence electrons. The zero-order valence-electron chi connectivity index (χ0n) is 15.0. The molecule has 0 radical (unpaired) electrons. The van der Waals surface area contributed by atoms with E-state index in [1.165, 1.54) is 5.56 Å². The molecule has 0 fully saturated rings. The van der Waals surface area contributed by atoms with Crippen LogP contribution in [0.2, 0.25) is 0 Å². The van der Waals surface area contributed by atoms with E-state index >= 15 is 0 Å². The number of fused-ring (bicyclic) bond motifs is 1.